The highest BCUT2D eigenvalue weighted by Gasteiger charge is 1.98. The van der Waals surface area contributed by atoms with E-state index in [9.17, 15) is 0 Å². The SMILES string of the molecule is C=C(Cl)CC(C)NCC. The molecule has 9 heavy (non-hydrogen) atoms. The van der Waals surface area contributed by atoms with Gasteiger partial charge < -0.3 is 5.32 Å². The molecule has 0 rings (SSSR count). The summed E-state index contributed by atoms with van der Waals surface area (Å²) in [7, 11) is 0. The molecule has 0 bridgehead atoms. The van der Waals surface area contributed by atoms with E-state index in [0.29, 0.717) is 6.04 Å². The first kappa shape index (κ1) is 8.99. The first-order chi connectivity index (χ1) is 4.16. The van der Waals surface area contributed by atoms with Gasteiger partial charge in [-0.2, -0.15) is 0 Å². The van der Waals surface area contributed by atoms with E-state index < -0.39 is 0 Å². The summed E-state index contributed by atoms with van der Waals surface area (Å²) in [6, 6.07) is 0.458. The third kappa shape index (κ3) is 5.87. The van der Waals surface area contributed by atoms with Crippen molar-refractivity contribution in [3.05, 3.63) is 11.6 Å². The summed E-state index contributed by atoms with van der Waals surface area (Å²) in [4.78, 5) is 0. The van der Waals surface area contributed by atoms with Crippen molar-refractivity contribution < 1.29 is 0 Å². The van der Waals surface area contributed by atoms with Gasteiger partial charge in [-0.1, -0.05) is 25.1 Å². The number of halogens is 1. The maximum atomic E-state index is 5.57. The lowest BCUT2D eigenvalue weighted by atomic mass is 10.2. The minimum Gasteiger partial charge on any atom is -0.314 e. The first-order valence-electron chi connectivity index (χ1n) is 3.23. The molecule has 0 spiro atoms. The van der Waals surface area contributed by atoms with Crippen molar-refractivity contribution in [1.82, 2.24) is 5.32 Å². The van der Waals surface area contributed by atoms with Crippen LogP contribution in [0.1, 0.15) is 20.3 Å². The van der Waals surface area contributed by atoms with E-state index in [4.69, 9.17) is 11.6 Å². The van der Waals surface area contributed by atoms with Crippen molar-refractivity contribution in [2.45, 2.75) is 26.3 Å². The van der Waals surface area contributed by atoms with E-state index >= 15 is 0 Å². The van der Waals surface area contributed by atoms with Crippen LogP contribution in [-0.2, 0) is 0 Å². The summed E-state index contributed by atoms with van der Waals surface area (Å²) in [5.74, 6) is 0. The normalized spacial score (nSPS) is 13.2. The molecule has 0 aromatic heterocycles. The van der Waals surface area contributed by atoms with Crippen LogP contribution in [0.5, 0.6) is 0 Å². The molecule has 1 nitrogen and oxygen atoms in total. The molecule has 0 aliphatic rings. The highest BCUT2D eigenvalue weighted by Crippen LogP contribution is 2.05. The minimum absolute atomic E-state index is 0.458. The number of hydrogen-bond acceptors (Lipinski definition) is 1. The largest absolute Gasteiger partial charge is 0.314 e. The van der Waals surface area contributed by atoms with Crippen LogP contribution < -0.4 is 5.32 Å². The Morgan fingerprint density at radius 2 is 2.33 bits per heavy atom. The molecule has 54 valence electrons. The molecule has 0 heterocycles. The van der Waals surface area contributed by atoms with Gasteiger partial charge in [-0.05, 0) is 19.9 Å². The quantitative estimate of drug-likeness (QED) is 0.643. The fraction of sp³-hybridized carbons (Fsp3) is 0.714. The molecule has 0 fully saturated rings. The van der Waals surface area contributed by atoms with Crippen LogP contribution in [0, 0.1) is 0 Å². The van der Waals surface area contributed by atoms with Gasteiger partial charge in [0.25, 0.3) is 0 Å². The smallest absolute Gasteiger partial charge is 0.0124 e. The molecule has 0 radical (unpaired) electrons. The van der Waals surface area contributed by atoms with E-state index in [2.05, 4.69) is 25.7 Å². The first-order valence-corrected chi connectivity index (χ1v) is 3.61. The van der Waals surface area contributed by atoms with Crippen LogP contribution in [-0.4, -0.2) is 12.6 Å². The fourth-order valence-corrected chi connectivity index (χ4v) is 0.984. The third-order valence-corrected chi connectivity index (χ3v) is 1.23. The minimum atomic E-state index is 0.458. The van der Waals surface area contributed by atoms with Crippen molar-refractivity contribution in [2.24, 2.45) is 0 Å². The van der Waals surface area contributed by atoms with Gasteiger partial charge >= 0.3 is 0 Å². The fourth-order valence-electron chi connectivity index (χ4n) is 0.753. The van der Waals surface area contributed by atoms with Crippen molar-refractivity contribution in [3.63, 3.8) is 0 Å². The molecule has 0 aliphatic heterocycles. The molecule has 0 saturated carbocycles. The molecule has 0 saturated heterocycles. The average molecular weight is 148 g/mol. The lowest BCUT2D eigenvalue weighted by Gasteiger charge is -2.09. The van der Waals surface area contributed by atoms with Gasteiger partial charge in [-0.15, -0.1) is 0 Å². The van der Waals surface area contributed by atoms with Crippen LogP contribution in [0.15, 0.2) is 11.6 Å². The van der Waals surface area contributed by atoms with Crippen LogP contribution in [0.25, 0.3) is 0 Å². The van der Waals surface area contributed by atoms with Gasteiger partial charge in [0.15, 0.2) is 0 Å². The summed E-state index contributed by atoms with van der Waals surface area (Å²) in [6.45, 7) is 8.77. The van der Waals surface area contributed by atoms with Crippen molar-refractivity contribution >= 4 is 11.6 Å². The van der Waals surface area contributed by atoms with Crippen molar-refractivity contribution in [1.29, 1.82) is 0 Å². The summed E-state index contributed by atoms with van der Waals surface area (Å²) in [5, 5.41) is 3.96. The zero-order valence-corrected chi connectivity index (χ0v) is 6.83. The van der Waals surface area contributed by atoms with Crippen molar-refractivity contribution in [3.8, 4) is 0 Å². The third-order valence-electron chi connectivity index (χ3n) is 1.08. The summed E-state index contributed by atoms with van der Waals surface area (Å²) in [5.41, 5.74) is 0. The lowest BCUT2D eigenvalue weighted by Crippen LogP contribution is -2.25. The molecule has 0 aromatic rings. The van der Waals surface area contributed by atoms with Gasteiger partial charge in [-0.25, -0.2) is 0 Å². The Hall–Kier alpha value is -0.0100. The van der Waals surface area contributed by atoms with Gasteiger partial charge in [0.1, 0.15) is 0 Å². The Balaban J connectivity index is 3.26. The Morgan fingerprint density at radius 3 is 2.67 bits per heavy atom. The van der Waals surface area contributed by atoms with E-state index in [1.807, 2.05) is 0 Å². The Morgan fingerprint density at radius 1 is 1.78 bits per heavy atom. The molecule has 2 heteroatoms. The number of rotatable bonds is 4. The Kier molecular flexibility index (Phi) is 4.83. The predicted molar refractivity (Wildman–Crippen MR) is 42.7 cm³/mol. The van der Waals surface area contributed by atoms with Crippen LogP contribution in [0.4, 0.5) is 0 Å². The van der Waals surface area contributed by atoms with Crippen LogP contribution in [0.3, 0.4) is 0 Å². The van der Waals surface area contributed by atoms with E-state index in [0.717, 1.165) is 18.0 Å². The molecular formula is C7H14ClN. The molecule has 0 amide bonds. The molecule has 1 N–H and O–H groups in total. The lowest BCUT2D eigenvalue weighted by molar-refractivity contribution is 0.571. The molecular weight excluding hydrogens is 134 g/mol. The second kappa shape index (κ2) is 4.83. The standard InChI is InChI=1S/C7H14ClN/c1-4-9-7(3)5-6(2)8/h7,9H,2,4-5H2,1,3H3. The maximum absolute atomic E-state index is 5.57. The van der Waals surface area contributed by atoms with Crippen LogP contribution in [0.2, 0.25) is 0 Å². The molecule has 1 unspecified atom stereocenters. The molecule has 0 aromatic carbocycles. The van der Waals surface area contributed by atoms with E-state index in [1.165, 1.54) is 0 Å². The number of hydrogen-bond donors (Lipinski definition) is 1. The second-order valence-corrected chi connectivity index (χ2v) is 2.71. The van der Waals surface area contributed by atoms with Crippen LogP contribution >= 0.6 is 11.6 Å². The Labute approximate surface area is 62.1 Å². The van der Waals surface area contributed by atoms with Gasteiger partial charge in [0, 0.05) is 11.1 Å². The highest BCUT2D eigenvalue weighted by atomic mass is 35.5. The molecule has 0 aliphatic carbocycles. The monoisotopic (exact) mass is 147 g/mol. The maximum Gasteiger partial charge on any atom is 0.0124 e. The summed E-state index contributed by atoms with van der Waals surface area (Å²) < 4.78 is 0. The highest BCUT2D eigenvalue weighted by molar-refractivity contribution is 6.29. The van der Waals surface area contributed by atoms with E-state index in [-0.39, 0.29) is 0 Å². The average Bonchev–Trinajstić information content (AvgIpc) is 1.63. The zero-order chi connectivity index (χ0) is 7.28. The van der Waals surface area contributed by atoms with Gasteiger partial charge in [0.05, 0.1) is 0 Å². The summed E-state index contributed by atoms with van der Waals surface area (Å²) >= 11 is 5.57. The van der Waals surface area contributed by atoms with Crippen molar-refractivity contribution in [2.75, 3.05) is 6.54 Å². The van der Waals surface area contributed by atoms with E-state index in [1.54, 1.807) is 0 Å². The summed E-state index contributed by atoms with van der Waals surface area (Å²) in [6.07, 6.45) is 0.857. The van der Waals surface area contributed by atoms with Gasteiger partial charge in [-0.3, -0.25) is 0 Å². The van der Waals surface area contributed by atoms with Gasteiger partial charge in [0.2, 0.25) is 0 Å². The Bertz CT molecular complexity index is 90.9. The predicted octanol–water partition coefficient (Wildman–Crippen LogP) is 2.13. The molecule has 1 atom stereocenters. The zero-order valence-electron chi connectivity index (χ0n) is 6.08. The number of nitrogens with one attached hydrogen (secondary N) is 1. The topological polar surface area (TPSA) is 12.0 Å². The second-order valence-electron chi connectivity index (χ2n) is 2.18.